The summed E-state index contributed by atoms with van der Waals surface area (Å²) in [7, 11) is 0. The van der Waals surface area contributed by atoms with E-state index in [0.717, 1.165) is 24.2 Å². The molecule has 28 heavy (non-hydrogen) atoms. The van der Waals surface area contributed by atoms with E-state index in [0.29, 0.717) is 30.3 Å². The summed E-state index contributed by atoms with van der Waals surface area (Å²) in [5.74, 6) is 0.298. The van der Waals surface area contributed by atoms with E-state index < -0.39 is 5.91 Å². The number of carbonyl (C=O) groups excluding carboxylic acids is 2. The number of hydrogen-bond acceptors (Lipinski definition) is 5. The second kappa shape index (κ2) is 10.3. The molecule has 2 aromatic rings. The first kappa shape index (κ1) is 21.3. The summed E-state index contributed by atoms with van der Waals surface area (Å²) in [6.07, 6.45) is 1.71. The van der Waals surface area contributed by atoms with Gasteiger partial charge in [-0.15, -0.1) is 0 Å². The molecule has 0 saturated heterocycles. The minimum absolute atomic E-state index is 0.0224. The van der Waals surface area contributed by atoms with Crippen LogP contribution in [0.5, 0.6) is 11.5 Å². The summed E-state index contributed by atoms with van der Waals surface area (Å²) in [6.45, 7) is 8.85. The third-order valence-corrected chi connectivity index (χ3v) is 3.84. The van der Waals surface area contributed by atoms with E-state index in [1.165, 1.54) is 0 Å². The van der Waals surface area contributed by atoms with Crippen molar-refractivity contribution in [3.63, 3.8) is 0 Å². The molecule has 8 heteroatoms. The van der Waals surface area contributed by atoms with Gasteiger partial charge in [-0.1, -0.05) is 13.8 Å². The van der Waals surface area contributed by atoms with Crippen LogP contribution in [0.2, 0.25) is 0 Å². The maximum absolute atomic E-state index is 12.4. The van der Waals surface area contributed by atoms with Crippen LogP contribution in [0.4, 0.5) is 0 Å². The van der Waals surface area contributed by atoms with Crippen molar-refractivity contribution in [1.82, 2.24) is 20.6 Å². The van der Waals surface area contributed by atoms with Crippen LogP contribution in [0, 0.1) is 13.8 Å². The van der Waals surface area contributed by atoms with Crippen LogP contribution in [0.1, 0.15) is 48.4 Å². The van der Waals surface area contributed by atoms with Gasteiger partial charge in [0.1, 0.15) is 6.54 Å². The molecule has 0 aliphatic heterocycles. The average molecular weight is 388 g/mol. The van der Waals surface area contributed by atoms with Gasteiger partial charge < -0.3 is 9.47 Å². The third-order valence-electron chi connectivity index (χ3n) is 3.84. The van der Waals surface area contributed by atoms with Gasteiger partial charge in [0.2, 0.25) is 0 Å². The minimum Gasteiger partial charge on any atom is -0.490 e. The lowest BCUT2D eigenvalue weighted by atomic mass is 10.2. The highest BCUT2D eigenvalue weighted by Crippen LogP contribution is 2.28. The number of nitrogens with zero attached hydrogens (tertiary/aromatic N) is 2. The van der Waals surface area contributed by atoms with E-state index >= 15 is 0 Å². The number of aromatic nitrogens is 2. The van der Waals surface area contributed by atoms with Crippen LogP contribution < -0.4 is 20.3 Å². The molecule has 2 N–H and O–H groups in total. The normalized spacial score (nSPS) is 10.4. The number of ether oxygens (including phenoxy) is 2. The van der Waals surface area contributed by atoms with Crippen molar-refractivity contribution in [2.45, 2.75) is 47.1 Å². The fraction of sp³-hybridized carbons (Fsp3) is 0.450. The Morgan fingerprint density at radius 1 is 1.00 bits per heavy atom. The van der Waals surface area contributed by atoms with Crippen LogP contribution in [0.25, 0.3) is 0 Å². The number of hydrogen-bond donors (Lipinski definition) is 2. The lowest BCUT2D eigenvalue weighted by Gasteiger charge is -2.14. The Kier molecular flexibility index (Phi) is 7.86. The first-order valence-electron chi connectivity index (χ1n) is 9.44. The van der Waals surface area contributed by atoms with Crippen molar-refractivity contribution in [3.8, 4) is 11.5 Å². The predicted molar refractivity (Wildman–Crippen MR) is 105 cm³/mol. The van der Waals surface area contributed by atoms with Gasteiger partial charge in [0, 0.05) is 11.3 Å². The molecule has 0 atom stereocenters. The van der Waals surface area contributed by atoms with E-state index in [9.17, 15) is 9.59 Å². The Balaban J connectivity index is 1.98. The molecule has 0 spiro atoms. The number of carbonyl (C=O) groups is 2. The number of hydrazine groups is 1. The van der Waals surface area contributed by atoms with Crippen molar-refractivity contribution in [3.05, 3.63) is 41.2 Å². The van der Waals surface area contributed by atoms with Crippen molar-refractivity contribution in [2.24, 2.45) is 0 Å². The van der Waals surface area contributed by atoms with Crippen LogP contribution in [-0.2, 0) is 11.3 Å². The Labute approximate surface area is 165 Å². The molecule has 2 rings (SSSR count). The number of aryl methyl sites for hydroxylation is 2. The van der Waals surface area contributed by atoms with Gasteiger partial charge >= 0.3 is 0 Å². The standard InChI is InChI=1S/C20H28N4O4/c1-5-9-27-17-8-7-16(12-18(17)28-10-6-2)20(26)22-21-19(25)13-24-15(4)11-14(3)23-24/h7-8,11-12H,5-6,9-10,13H2,1-4H3,(H,21,25)(H,22,26). The van der Waals surface area contributed by atoms with Gasteiger partial charge in [-0.3, -0.25) is 25.1 Å². The molecule has 0 aliphatic rings. The second-order valence-electron chi connectivity index (χ2n) is 6.45. The van der Waals surface area contributed by atoms with Gasteiger partial charge in [0.05, 0.1) is 18.9 Å². The van der Waals surface area contributed by atoms with Gasteiger partial charge in [-0.2, -0.15) is 5.10 Å². The SMILES string of the molecule is CCCOc1ccc(C(=O)NNC(=O)Cn2nc(C)cc2C)cc1OCCC. The van der Waals surface area contributed by atoms with Gasteiger partial charge in [0.25, 0.3) is 11.8 Å². The van der Waals surface area contributed by atoms with Crippen molar-refractivity contribution in [2.75, 3.05) is 13.2 Å². The molecule has 0 aliphatic carbocycles. The van der Waals surface area contributed by atoms with E-state index in [4.69, 9.17) is 9.47 Å². The maximum Gasteiger partial charge on any atom is 0.269 e. The van der Waals surface area contributed by atoms with Gasteiger partial charge in [-0.25, -0.2) is 0 Å². The smallest absolute Gasteiger partial charge is 0.269 e. The van der Waals surface area contributed by atoms with Crippen molar-refractivity contribution < 1.29 is 19.1 Å². The fourth-order valence-electron chi connectivity index (χ4n) is 2.51. The molecule has 1 aromatic carbocycles. The molecular weight excluding hydrogens is 360 g/mol. The molecule has 1 heterocycles. The van der Waals surface area contributed by atoms with E-state index in [-0.39, 0.29) is 12.5 Å². The Morgan fingerprint density at radius 2 is 1.68 bits per heavy atom. The summed E-state index contributed by atoms with van der Waals surface area (Å²) < 4.78 is 12.9. The number of rotatable bonds is 9. The summed E-state index contributed by atoms with van der Waals surface area (Å²) in [4.78, 5) is 24.4. The number of amides is 2. The van der Waals surface area contributed by atoms with Crippen LogP contribution in [0.15, 0.2) is 24.3 Å². The molecule has 0 saturated carbocycles. The molecule has 0 fully saturated rings. The molecule has 1 aromatic heterocycles. The van der Waals surface area contributed by atoms with Crippen molar-refractivity contribution >= 4 is 11.8 Å². The van der Waals surface area contributed by atoms with E-state index in [1.54, 1.807) is 22.9 Å². The summed E-state index contributed by atoms with van der Waals surface area (Å²) in [5, 5.41) is 4.22. The van der Waals surface area contributed by atoms with Crippen LogP contribution in [-0.4, -0.2) is 34.8 Å². The Bertz CT molecular complexity index is 817. The predicted octanol–water partition coefficient (Wildman–Crippen LogP) is 2.54. The molecule has 0 unspecified atom stereocenters. The summed E-state index contributed by atoms with van der Waals surface area (Å²) >= 11 is 0. The third kappa shape index (κ3) is 6.00. The highest BCUT2D eigenvalue weighted by molar-refractivity contribution is 5.96. The molecule has 8 nitrogen and oxygen atoms in total. The lowest BCUT2D eigenvalue weighted by Crippen LogP contribution is -2.43. The number of benzene rings is 1. The molecular formula is C20H28N4O4. The zero-order valence-electron chi connectivity index (χ0n) is 16.9. The zero-order valence-corrected chi connectivity index (χ0v) is 16.9. The molecule has 152 valence electrons. The highest BCUT2D eigenvalue weighted by atomic mass is 16.5. The van der Waals surface area contributed by atoms with Crippen molar-refractivity contribution in [1.29, 1.82) is 0 Å². The Morgan fingerprint density at radius 3 is 2.29 bits per heavy atom. The van der Waals surface area contributed by atoms with E-state index in [2.05, 4.69) is 16.0 Å². The summed E-state index contributed by atoms with van der Waals surface area (Å²) in [5.41, 5.74) is 6.89. The monoisotopic (exact) mass is 388 g/mol. The van der Waals surface area contributed by atoms with E-state index in [1.807, 2.05) is 33.8 Å². The van der Waals surface area contributed by atoms with Gasteiger partial charge in [0.15, 0.2) is 11.5 Å². The quantitative estimate of drug-likeness (QED) is 0.644. The summed E-state index contributed by atoms with van der Waals surface area (Å²) in [6, 6.07) is 6.83. The van der Waals surface area contributed by atoms with Crippen LogP contribution in [0.3, 0.4) is 0 Å². The minimum atomic E-state index is -0.440. The zero-order chi connectivity index (χ0) is 20.5. The lowest BCUT2D eigenvalue weighted by molar-refractivity contribution is -0.122. The second-order valence-corrected chi connectivity index (χ2v) is 6.45. The first-order valence-corrected chi connectivity index (χ1v) is 9.44. The largest absolute Gasteiger partial charge is 0.490 e. The highest BCUT2D eigenvalue weighted by Gasteiger charge is 2.13. The fourth-order valence-corrected chi connectivity index (χ4v) is 2.51. The van der Waals surface area contributed by atoms with Gasteiger partial charge in [-0.05, 0) is 51.0 Å². The average Bonchev–Trinajstić information content (AvgIpc) is 2.99. The molecule has 0 bridgehead atoms. The number of nitrogens with one attached hydrogen (secondary N) is 2. The molecule has 0 radical (unpaired) electrons. The first-order chi connectivity index (χ1) is 13.4. The van der Waals surface area contributed by atoms with Crippen LogP contribution >= 0.6 is 0 Å². The Hall–Kier alpha value is -3.03. The molecule has 2 amide bonds. The maximum atomic E-state index is 12.4. The topological polar surface area (TPSA) is 94.5 Å².